The summed E-state index contributed by atoms with van der Waals surface area (Å²) >= 11 is 1.40. The van der Waals surface area contributed by atoms with Gasteiger partial charge in [-0.15, -0.1) is 0 Å². The average molecular weight is 450 g/mol. The zero-order valence-corrected chi connectivity index (χ0v) is 16.4. The minimum Gasteiger partial charge on any atom is -0.380 e. The molecule has 2 amide bonds. The molecule has 6 nitrogen and oxygen atoms in total. The molecular formula is C20H14F4N4O2S. The first-order valence-electron chi connectivity index (χ1n) is 8.89. The molecule has 4 rings (SSSR count). The highest BCUT2D eigenvalue weighted by molar-refractivity contribution is 7.06. The minimum atomic E-state index is -4.65. The van der Waals surface area contributed by atoms with Gasteiger partial charge in [-0.2, -0.15) is 13.2 Å². The molecule has 3 aromatic rings. The van der Waals surface area contributed by atoms with E-state index in [1.807, 2.05) is 6.08 Å². The number of hydrogen-bond donors (Lipinski definition) is 2. The summed E-state index contributed by atoms with van der Waals surface area (Å²) in [7, 11) is 0. The number of rotatable bonds is 4. The van der Waals surface area contributed by atoms with Gasteiger partial charge in [0.2, 0.25) is 0 Å². The number of hydrogen-bond acceptors (Lipinski definition) is 5. The lowest BCUT2D eigenvalue weighted by Crippen LogP contribution is -2.23. The van der Waals surface area contributed by atoms with Crippen molar-refractivity contribution in [2.24, 2.45) is 0 Å². The third kappa shape index (κ3) is 4.94. The number of hydroxylamine groups is 2. The van der Waals surface area contributed by atoms with Crippen LogP contribution in [0.15, 0.2) is 54.9 Å². The molecule has 160 valence electrons. The van der Waals surface area contributed by atoms with Crippen molar-refractivity contribution in [3.05, 3.63) is 76.7 Å². The summed E-state index contributed by atoms with van der Waals surface area (Å²) in [6, 6.07) is 7.20. The molecule has 1 aliphatic heterocycles. The van der Waals surface area contributed by atoms with Crippen LogP contribution in [0.2, 0.25) is 0 Å². The zero-order valence-electron chi connectivity index (χ0n) is 15.6. The number of fused-ring (bicyclic) bond motifs is 1. The Morgan fingerprint density at radius 3 is 2.65 bits per heavy atom. The van der Waals surface area contributed by atoms with Gasteiger partial charge < -0.3 is 15.5 Å². The molecule has 0 spiro atoms. The van der Waals surface area contributed by atoms with Crippen LogP contribution in [0.1, 0.15) is 16.0 Å². The number of alkyl halides is 3. The van der Waals surface area contributed by atoms with Crippen LogP contribution in [0.5, 0.6) is 5.75 Å². The standard InChI is InChI=1S/C20H14F4N4O2S/c21-16-6-1-13(20(22,23)24)9-17(16)27-19(29)26-14-2-4-15(5-3-14)30-28-8-7-18-12(11-28)10-25-31-18/h1-10H,11H2,(H2,26,27,29). The SMILES string of the molecule is O=C(Nc1ccc(ON2C=Cc3sncc3C2)cc1)Nc1cc(C(F)(F)F)ccc1F. The fraction of sp³-hybridized carbons (Fsp3) is 0.100. The number of benzene rings is 2. The van der Waals surface area contributed by atoms with Crippen LogP contribution >= 0.6 is 11.5 Å². The largest absolute Gasteiger partial charge is 0.416 e. The Bertz CT molecular complexity index is 1130. The monoisotopic (exact) mass is 450 g/mol. The molecule has 0 bridgehead atoms. The van der Waals surface area contributed by atoms with E-state index in [1.165, 1.54) is 11.5 Å². The molecule has 1 aliphatic rings. The molecule has 0 fully saturated rings. The first kappa shape index (κ1) is 20.7. The van der Waals surface area contributed by atoms with Gasteiger partial charge in [-0.05, 0) is 60.1 Å². The second-order valence-electron chi connectivity index (χ2n) is 6.49. The minimum absolute atomic E-state index is 0.343. The summed E-state index contributed by atoms with van der Waals surface area (Å²) in [5.41, 5.74) is -0.255. The van der Waals surface area contributed by atoms with Gasteiger partial charge in [-0.25, -0.2) is 18.6 Å². The number of anilines is 2. The smallest absolute Gasteiger partial charge is 0.380 e. The topological polar surface area (TPSA) is 66.5 Å². The van der Waals surface area contributed by atoms with E-state index >= 15 is 0 Å². The highest BCUT2D eigenvalue weighted by atomic mass is 32.1. The number of halogens is 4. The Kier molecular flexibility index (Phi) is 5.51. The van der Waals surface area contributed by atoms with E-state index in [0.29, 0.717) is 36.2 Å². The Morgan fingerprint density at radius 2 is 1.90 bits per heavy atom. The van der Waals surface area contributed by atoms with Gasteiger partial charge in [0, 0.05) is 23.6 Å². The molecule has 11 heteroatoms. The number of carbonyl (C=O) groups is 1. The third-order valence-electron chi connectivity index (χ3n) is 4.27. The number of aromatic nitrogens is 1. The van der Waals surface area contributed by atoms with Crippen LogP contribution in [0.4, 0.5) is 33.7 Å². The van der Waals surface area contributed by atoms with E-state index in [4.69, 9.17) is 4.84 Å². The fourth-order valence-electron chi connectivity index (χ4n) is 2.78. The Balaban J connectivity index is 1.35. The summed E-state index contributed by atoms with van der Waals surface area (Å²) in [4.78, 5) is 18.9. The number of nitrogens with one attached hydrogen (secondary N) is 2. The maximum absolute atomic E-state index is 13.8. The van der Waals surface area contributed by atoms with E-state index < -0.39 is 29.3 Å². The normalized spacial score (nSPS) is 13.0. The van der Waals surface area contributed by atoms with Crippen LogP contribution in [0.25, 0.3) is 6.08 Å². The van der Waals surface area contributed by atoms with Gasteiger partial charge in [0.1, 0.15) is 5.82 Å². The number of carbonyl (C=O) groups excluding carboxylic acids is 1. The first-order valence-corrected chi connectivity index (χ1v) is 9.66. The van der Waals surface area contributed by atoms with Crippen LogP contribution in [0.3, 0.4) is 0 Å². The van der Waals surface area contributed by atoms with Gasteiger partial charge in [0.05, 0.1) is 22.7 Å². The van der Waals surface area contributed by atoms with E-state index in [-0.39, 0.29) is 0 Å². The molecule has 2 heterocycles. The van der Waals surface area contributed by atoms with Gasteiger partial charge in [-0.1, -0.05) is 0 Å². The molecule has 1 aromatic heterocycles. The van der Waals surface area contributed by atoms with Crippen LogP contribution in [-0.2, 0) is 12.7 Å². The van der Waals surface area contributed by atoms with Crippen molar-refractivity contribution in [3.63, 3.8) is 0 Å². The van der Waals surface area contributed by atoms with E-state index in [2.05, 4.69) is 15.0 Å². The maximum atomic E-state index is 13.8. The molecule has 2 aromatic carbocycles. The molecule has 0 saturated carbocycles. The summed E-state index contributed by atoms with van der Waals surface area (Å²) in [6.45, 7) is 0.535. The lowest BCUT2D eigenvalue weighted by atomic mass is 10.2. The maximum Gasteiger partial charge on any atom is 0.416 e. The van der Waals surface area contributed by atoms with E-state index in [1.54, 1.807) is 41.7 Å². The number of amides is 2. The van der Waals surface area contributed by atoms with Crippen molar-refractivity contribution in [1.29, 1.82) is 0 Å². The van der Waals surface area contributed by atoms with E-state index in [9.17, 15) is 22.4 Å². The van der Waals surface area contributed by atoms with Gasteiger partial charge >= 0.3 is 12.2 Å². The molecule has 0 aliphatic carbocycles. The highest BCUT2D eigenvalue weighted by Crippen LogP contribution is 2.32. The van der Waals surface area contributed by atoms with Crippen molar-refractivity contribution in [1.82, 2.24) is 9.44 Å². The second-order valence-corrected chi connectivity index (χ2v) is 7.33. The van der Waals surface area contributed by atoms with Crippen molar-refractivity contribution in [2.75, 3.05) is 10.6 Å². The molecule has 0 saturated heterocycles. The van der Waals surface area contributed by atoms with Crippen molar-refractivity contribution in [3.8, 4) is 5.75 Å². The lowest BCUT2D eigenvalue weighted by Gasteiger charge is -2.23. The van der Waals surface area contributed by atoms with Crippen LogP contribution in [-0.4, -0.2) is 15.5 Å². The van der Waals surface area contributed by atoms with Gasteiger partial charge in [0.15, 0.2) is 5.75 Å². The molecule has 0 unspecified atom stereocenters. The Hall–Kier alpha value is -3.60. The first-order chi connectivity index (χ1) is 14.8. The fourth-order valence-corrected chi connectivity index (χ4v) is 3.43. The average Bonchev–Trinajstić information content (AvgIpc) is 3.18. The van der Waals surface area contributed by atoms with Crippen LogP contribution in [0, 0.1) is 5.82 Å². The molecule has 0 atom stereocenters. The molecule has 31 heavy (non-hydrogen) atoms. The van der Waals surface area contributed by atoms with Crippen molar-refractivity contribution < 1.29 is 27.2 Å². The molecule has 2 N–H and O–H groups in total. The number of nitrogens with zero attached hydrogens (tertiary/aromatic N) is 2. The predicted octanol–water partition coefficient (Wildman–Crippen LogP) is 5.73. The van der Waals surface area contributed by atoms with E-state index in [0.717, 1.165) is 10.4 Å². The summed E-state index contributed by atoms with van der Waals surface area (Å²) in [5.74, 6) is -0.475. The molecule has 0 radical (unpaired) electrons. The van der Waals surface area contributed by atoms with Crippen LogP contribution < -0.4 is 15.5 Å². The predicted molar refractivity (Wildman–Crippen MR) is 108 cm³/mol. The van der Waals surface area contributed by atoms with Crippen molar-refractivity contribution in [2.45, 2.75) is 12.7 Å². The summed E-state index contributed by atoms with van der Waals surface area (Å²) in [6.07, 6.45) is 0.799. The highest BCUT2D eigenvalue weighted by Gasteiger charge is 2.31. The lowest BCUT2D eigenvalue weighted by molar-refractivity contribution is -0.137. The molecular weight excluding hydrogens is 436 g/mol. The second kappa shape index (κ2) is 8.26. The zero-order chi connectivity index (χ0) is 22.0. The van der Waals surface area contributed by atoms with Crippen molar-refractivity contribution >= 4 is 35.0 Å². The van der Waals surface area contributed by atoms with Gasteiger partial charge in [0.25, 0.3) is 0 Å². The summed E-state index contributed by atoms with van der Waals surface area (Å²) in [5, 5.41) is 6.14. The quantitative estimate of drug-likeness (QED) is 0.499. The Labute approximate surface area is 177 Å². The van der Waals surface area contributed by atoms with Gasteiger partial charge in [-0.3, -0.25) is 0 Å². The summed E-state index contributed by atoms with van der Waals surface area (Å²) < 4.78 is 56.2. The Morgan fingerprint density at radius 1 is 1.13 bits per heavy atom. The third-order valence-corrected chi connectivity index (χ3v) is 5.08. The number of urea groups is 1.